The Labute approximate surface area is 207 Å². The van der Waals surface area contributed by atoms with E-state index >= 15 is 0 Å². The van der Waals surface area contributed by atoms with E-state index in [-0.39, 0.29) is 17.8 Å². The molecule has 1 amide bonds. The van der Waals surface area contributed by atoms with Gasteiger partial charge in [0.25, 0.3) is 0 Å². The molecule has 0 bridgehead atoms. The third-order valence-electron chi connectivity index (χ3n) is 4.57. The summed E-state index contributed by atoms with van der Waals surface area (Å²) in [5, 5.41) is 13.0. The molecule has 10 heteroatoms. The number of methoxy groups -OCH3 is 1. The van der Waals surface area contributed by atoms with Gasteiger partial charge in [-0.1, -0.05) is 60.9 Å². The number of nitrogens with zero attached hydrogens (tertiary/aromatic N) is 3. The van der Waals surface area contributed by atoms with Gasteiger partial charge in [0.1, 0.15) is 0 Å². The number of hydrogen-bond acceptors (Lipinski definition) is 6. The molecule has 3 aromatic rings. The molecule has 0 aliphatic carbocycles. The maximum atomic E-state index is 12.5. The lowest BCUT2D eigenvalue weighted by Gasteiger charge is -2.19. The van der Waals surface area contributed by atoms with Crippen LogP contribution >= 0.6 is 35.0 Å². The van der Waals surface area contributed by atoms with Crippen LogP contribution in [0.1, 0.15) is 32.7 Å². The van der Waals surface area contributed by atoms with Crippen molar-refractivity contribution in [1.29, 1.82) is 0 Å². The topological polar surface area (TPSA) is 78.3 Å². The van der Waals surface area contributed by atoms with Crippen LogP contribution in [0.4, 0.5) is 5.69 Å². The molecule has 1 aromatic heterocycles. The van der Waals surface area contributed by atoms with E-state index < -0.39 is 0 Å². The van der Waals surface area contributed by atoms with Gasteiger partial charge in [0.15, 0.2) is 28.6 Å². The van der Waals surface area contributed by atoms with Crippen molar-refractivity contribution in [1.82, 2.24) is 14.8 Å². The second-order valence-corrected chi connectivity index (χ2v) is 9.48. The van der Waals surface area contributed by atoms with Crippen molar-refractivity contribution in [2.24, 2.45) is 5.92 Å². The number of amides is 1. The Bertz CT molecular complexity index is 1110. The molecule has 176 valence electrons. The number of halogens is 2. The Hall–Kier alpha value is -2.42. The second-order valence-electron chi connectivity index (χ2n) is 7.72. The largest absolute Gasteiger partial charge is 0.493 e. The van der Waals surface area contributed by atoms with E-state index in [2.05, 4.69) is 29.4 Å². The maximum Gasteiger partial charge on any atom is 0.234 e. The van der Waals surface area contributed by atoms with Gasteiger partial charge in [0.2, 0.25) is 5.91 Å². The van der Waals surface area contributed by atoms with Crippen LogP contribution in [0, 0.1) is 5.92 Å². The fourth-order valence-corrected chi connectivity index (χ4v) is 4.16. The summed E-state index contributed by atoms with van der Waals surface area (Å²) in [6.07, 6.45) is -0.369. The van der Waals surface area contributed by atoms with Crippen LogP contribution in [0.15, 0.2) is 47.6 Å². The first kappa shape index (κ1) is 25.2. The average Bonchev–Trinajstić information content (AvgIpc) is 3.17. The smallest absolute Gasteiger partial charge is 0.234 e. The van der Waals surface area contributed by atoms with E-state index in [1.807, 2.05) is 35.8 Å². The van der Waals surface area contributed by atoms with Crippen molar-refractivity contribution in [3.05, 3.63) is 58.3 Å². The van der Waals surface area contributed by atoms with E-state index in [9.17, 15) is 4.79 Å². The highest BCUT2D eigenvalue weighted by molar-refractivity contribution is 7.99. The summed E-state index contributed by atoms with van der Waals surface area (Å²) in [4.78, 5) is 12.5. The van der Waals surface area contributed by atoms with Gasteiger partial charge in [0, 0.05) is 12.2 Å². The van der Waals surface area contributed by atoms with Gasteiger partial charge in [-0.25, -0.2) is 0 Å². The first-order valence-corrected chi connectivity index (χ1v) is 12.1. The molecule has 0 radical (unpaired) electrons. The number of nitrogens with one attached hydrogen (secondary N) is 1. The van der Waals surface area contributed by atoms with Crippen molar-refractivity contribution in [2.75, 3.05) is 18.2 Å². The molecular formula is C23H26Cl2N4O3S. The number of anilines is 1. The maximum absolute atomic E-state index is 12.5. The predicted octanol–water partition coefficient (Wildman–Crippen LogP) is 6.12. The number of carbonyl (C=O) groups excluding carboxylic acids is 1. The van der Waals surface area contributed by atoms with Crippen LogP contribution in [0.5, 0.6) is 11.5 Å². The van der Waals surface area contributed by atoms with E-state index in [4.69, 9.17) is 32.7 Å². The minimum atomic E-state index is -0.369. The highest BCUT2D eigenvalue weighted by atomic mass is 35.5. The van der Waals surface area contributed by atoms with Crippen LogP contribution in [0.3, 0.4) is 0 Å². The summed E-state index contributed by atoms with van der Waals surface area (Å²) >= 11 is 13.3. The van der Waals surface area contributed by atoms with Crippen LogP contribution in [-0.4, -0.2) is 33.5 Å². The van der Waals surface area contributed by atoms with Crippen molar-refractivity contribution in [3.8, 4) is 11.5 Å². The van der Waals surface area contributed by atoms with Crippen molar-refractivity contribution in [3.63, 3.8) is 0 Å². The van der Waals surface area contributed by atoms with Crippen LogP contribution in [0.2, 0.25) is 10.0 Å². The fourth-order valence-electron chi connectivity index (χ4n) is 3.10. The van der Waals surface area contributed by atoms with Crippen LogP contribution in [0.25, 0.3) is 0 Å². The van der Waals surface area contributed by atoms with Crippen LogP contribution < -0.4 is 14.8 Å². The number of hydrogen-bond donors (Lipinski definition) is 1. The Morgan fingerprint density at radius 2 is 1.82 bits per heavy atom. The van der Waals surface area contributed by atoms with E-state index in [1.165, 1.54) is 11.8 Å². The second kappa shape index (κ2) is 11.6. The molecule has 0 saturated carbocycles. The summed E-state index contributed by atoms with van der Waals surface area (Å²) in [6, 6.07) is 12.4. The zero-order valence-corrected chi connectivity index (χ0v) is 21.2. The summed E-state index contributed by atoms with van der Waals surface area (Å²) in [5.41, 5.74) is 0.582. The number of ether oxygens (including phenoxy) is 2. The lowest BCUT2D eigenvalue weighted by Crippen LogP contribution is -2.17. The molecule has 0 spiro atoms. The summed E-state index contributed by atoms with van der Waals surface area (Å²) in [5.74, 6) is 2.29. The monoisotopic (exact) mass is 508 g/mol. The quantitative estimate of drug-likeness (QED) is 0.332. The number of benzene rings is 2. The summed E-state index contributed by atoms with van der Waals surface area (Å²) in [6.45, 7) is 6.83. The van der Waals surface area contributed by atoms with Crippen molar-refractivity contribution < 1.29 is 14.3 Å². The molecule has 33 heavy (non-hydrogen) atoms. The first-order chi connectivity index (χ1) is 15.8. The molecule has 0 aliphatic rings. The SMILES string of the molecule is COc1ccccc1OC(C)c1nnc(SCC(=O)Nc2ccc(Cl)c(Cl)c2)n1CC(C)C. The Kier molecular flexibility index (Phi) is 8.88. The molecular weight excluding hydrogens is 483 g/mol. The molecule has 1 unspecified atom stereocenters. The molecule has 7 nitrogen and oxygen atoms in total. The van der Waals surface area contributed by atoms with Gasteiger partial charge in [-0.05, 0) is 43.2 Å². The number of carbonyl (C=O) groups is 1. The Balaban J connectivity index is 1.71. The molecule has 2 aromatic carbocycles. The zero-order chi connectivity index (χ0) is 24.0. The van der Waals surface area contributed by atoms with Crippen molar-refractivity contribution in [2.45, 2.75) is 38.6 Å². The zero-order valence-electron chi connectivity index (χ0n) is 18.8. The molecule has 0 fully saturated rings. The summed E-state index contributed by atoms with van der Waals surface area (Å²) in [7, 11) is 1.60. The van der Waals surface area contributed by atoms with E-state index in [0.29, 0.717) is 50.7 Å². The lowest BCUT2D eigenvalue weighted by molar-refractivity contribution is -0.113. The normalized spacial score (nSPS) is 12.0. The average molecular weight is 509 g/mol. The number of rotatable bonds is 10. The minimum Gasteiger partial charge on any atom is -0.493 e. The highest BCUT2D eigenvalue weighted by Crippen LogP contribution is 2.31. The fraction of sp³-hybridized carbons (Fsp3) is 0.348. The molecule has 1 N–H and O–H groups in total. The van der Waals surface area contributed by atoms with Gasteiger partial charge >= 0.3 is 0 Å². The molecule has 0 aliphatic heterocycles. The standard InChI is InChI=1S/C23H26Cl2N4O3S/c1-14(2)12-29-22(15(3)32-20-8-6-5-7-19(20)31-4)27-28-23(29)33-13-21(30)26-16-9-10-17(24)18(25)11-16/h5-11,14-15H,12-13H2,1-4H3,(H,26,30). The predicted molar refractivity (Wildman–Crippen MR) is 133 cm³/mol. The van der Waals surface area contributed by atoms with Gasteiger partial charge < -0.3 is 19.4 Å². The molecule has 3 rings (SSSR count). The lowest BCUT2D eigenvalue weighted by atomic mass is 10.2. The molecule has 1 atom stereocenters. The number of para-hydroxylation sites is 2. The molecule has 0 saturated heterocycles. The number of aromatic nitrogens is 3. The Morgan fingerprint density at radius 1 is 1.09 bits per heavy atom. The minimum absolute atomic E-state index is 0.165. The molecule has 1 heterocycles. The van der Waals surface area contributed by atoms with Gasteiger partial charge in [0.05, 0.1) is 22.9 Å². The third-order valence-corrected chi connectivity index (χ3v) is 6.27. The number of thioether (sulfide) groups is 1. The van der Waals surface area contributed by atoms with Gasteiger partial charge in [-0.2, -0.15) is 0 Å². The van der Waals surface area contributed by atoms with Gasteiger partial charge in [-0.3, -0.25) is 4.79 Å². The third kappa shape index (κ3) is 6.79. The van der Waals surface area contributed by atoms with E-state index in [0.717, 1.165) is 0 Å². The highest BCUT2D eigenvalue weighted by Gasteiger charge is 2.22. The Morgan fingerprint density at radius 3 is 2.48 bits per heavy atom. The first-order valence-electron chi connectivity index (χ1n) is 10.4. The van der Waals surface area contributed by atoms with Gasteiger partial charge in [-0.15, -0.1) is 10.2 Å². The summed E-state index contributed by atoms with van der Waals surface area (Å²) < 4.78 is 13.5. The van der Waals surface area contributed by atoms with Crippen LogP contribution in [-0.2, 0) is 11.3 Å². The van der Waals surface area contributed by atoms with Crippen molar-refractivity contribution >= 4 is 46.6 Å². The van der Waals surface area contributed by atoms with E-state index in [1.54, 1.807) is 25.3 Å².